The topological polar surface area (TPSA) is 64.0 Å². The number of benzene rings is 1. The molecule has 1 aliphatic heterocycles. The van der Waals surface area contributed by atoms with Crippen molar-refractivity contribution in [2.75, 3.05) is 19.6 Å². The van der Waals surface area contributed by atoms with E-state index in [2.05, 4.69) is 17.0 Å². The molecule has 2 rings (SSSR count). The van der Waals surface area contributed by atoms with Crippen molar-refractivity contribution in [1.82, 2.24) is 9.80 Å². The summed E-state index contributed by atoms with van der Waals surface area (Å²) in [6.45, 7) is 10.6. The van der Waals surface area contributed by atoms with Crippen molar-refractivity contribution in [3.63, 3.8) is 0 Å². The third-order valence-electron chi connectivity index (χ3n) is 4.59. The van der Waals surface area contributed by atoms with E-state index in [9.17, 15) is 15.0 Å². The van der Waals surface area contributed by atoms with E-state index in [1.165, 1.54) is 10.5 Å². The Morgan fingerprint density at radius 2 is 2.00 bits per heavy atom. The van der Waals surface area contributed by atoms with Gasteiger partial charge >= 0.3 is 6.09 Å². The van der Waals surface area contributed by atoms with Gasteiger partial charge in [0.05, 0.1) is 5.60 Å². The Bertz CT molecular complexity index is 578. The van der Waals surface area contributed by atoms with Gasteiger partial charge in [-0.25, -0.2) is 4.79 Å². The molecule has 5 heteroatoms. The molecule has 1 aromatic carbocycles. The Balaban J connectivity index is 1.96. The van der Waals surface area contributed by atoms with Crippen molar-refractivity contribution in [2.45, 2.75) is 58.2 Å². The molecule has 1 amide bonds. The molecule has 0 saturated carbocycles. The van der Waals surface area contributed by atoms with Gasteiger partial charge in [0.25, 0.3) is 0 Å². The van der Waals surface area contributed by atoms with E-state index in [-0.39, 0.29) is 0 Å². The number of β-amino-alcohol motifs (C(OH)–C–C–N with tert-alkyl or cyclic N) is 1. The van der Waals surface area contributed by atoms with Crippen LogP contribution < -0.4 is 0 Å². The van der Waals surface area contributed by atoms with Gasteiger partial charge in [-0.15, -0.1) is 0 Å². The summed E-state index contributed by atoms with van der Waals surface area (Å²) in [4.78, 5) is 15.2. The van der Waals surface area contributed by atoms with Gasteiger partial charge < -0.3 is 15.1 Å². The van der Waals surface area contributed by atoms with Gasteiger partial charge in [-0.2, -0.15) is 0 Å². The minimum Gasteiger partial charge on any atom is -0.465 e. The molecule has 5 nitrogen and oxygen atoms in total. The molecule has 2 N–H and O–H groups in total. The lowest BCUT2D eigenvalue weighted by atomic mass is 10.0. The minimum absolute atomic E-state index is 0.398. The Hall–Kier alpha value is -1.59. The average Bonchev–Trinajstić information content (AvgIpc) is 2.76. The Kier molecular flexibility index (Phi) is 5.56. The SMILES string of the molecule is CC1(O)CCN(Cc2cccc(CCN(C(=O)O)C(C)(C)C)c2)C1. The molecule has 1 heterocycles. The van der Waals surface area contributed by atoms with Gasteiger partial charge in [0, 0.05) is 31.7 Å². The smallest absolute Gasteiger partial charge is 0.407 e. The highest BCUT2D eigenvalue weighted by atomic mass is 16.4. The molecule has 0 spiro atoms. The van der Waals surface area contributed by atoms with E-state index in [0.29, 0.717) is 19.5 Å². The fourth-order valence-electron chi connectivity index (χ4n) is 3.27. The van der Waals surface area contributed by atoms with Gasteiger partial charge in [-0.1, -0.05) is 24.3 Å². The molecule has 1 atom stereocenters. The van der Waals surface area contributed by atoms with Crippen molar-refractivity contribution in [2.24, 2.45) is 0 Å². The van der Waals surface area contributed by atoms with Gasteiger partial charge in [0.15, 0.2) is 0 Å². The van der Waals surface area contributed by atoms with Crippen molar-refractivity contribution in [1.29, 1.82) is 0 Å². The summed E-state index contributed by atoms with van der Waals surface area (Å²) >= 11 is 0. The zero-order chi connectivity index (χ0) is 18.0. The van der Waals surface area contributed by atoms with Crippen LogP contribution in [0.3, 0.4) is 0 Å². The Labute approximate surface area is 144 Å². The van der Waals surface area contributed by atoms with Crippen LogP contribution in [0.15, 0.2) is 24.3 Å². The molecule has 0 aliphatic carbocycles. The monoisotopic (exact) mass is 334 g/mol. The predicted molar refractivity (Wildman–Crippen MR) is 95.1 cm³/mol. The van der Waals surface area contributed by atoms with Gasteiger partial charge in [-0.3, -0.25) is 4.90 Å². The van der Waals surface area contributed by atoms with Gasteiger partial charge in [0.1, 0.15) is 0 Å². The van der Waals surface area contributed by atoms with Crippen LogP contribution in [0.25, 0.3) is 0 Å². The summed E-state index contributed by atoms with van der Waals surface area (Å²) in [6, 6.07) is 8.32. The highest BCUT2D eigenvalue weighted by Gasteiger charge is 2.31. The lowest BCUT2D eigenvalue weighted by Gasteiger charge is -2.33. The number of aliphatic hydroxyl groups is 1. The standard InChI is InChI=1S/C19H30N2O3/c1-18(2,3)21(17(22)23)10-8-15-6-5-7-16(12-15)13-20-11-9-19(4,24)14-20/h5-7,12,24H,8-11,13-14H2,1-4H3,(H,22,23). The summed E-state index contributed by atoms with van der Waals surface area (Å²) < 4.78 is 0. The van der Waals surface area contributed by atoms with Crippen molar-refractivity contribution < 1.29 is 15.0 Å². The average molecular weight is 334 g/mol. The molecule has 1 aliphatic rings. The second-order valence-electron chi connectivity index (χ2n) is 8.13. The number of rotatable bonds is 5. The summed E-state index contributed by atoms with van der Waals surface area (Å²) in [5.41, 5.74) is 1.38. The molecule has 1 saturated heterocycles. The molecule has 134 valence electrons. The lowest BCUT2D eigenvalue weighted by Crippen LogP contribution is -2.45. The molecular formula is C19H30N2O3. The van der Waals surface area contributed by atoms with Crippen LogP contribution in [-0.4, -0.2) is 56.9 Å². The molecule has 24 heavy (non-hydrogen) atoms. The van der Waals surface area contributed by atoms with Gasteiger partial charge in [-0.05, 0) is 51.7 Å². The maximum atomic E-state index is 11.4. The first-order chi connectivity index (χ1) is 11.1. The zero-order valence-electron chi connectivity index (χ0n) is 15.2. The van der Waals surface area contributed by atoms with Crippen LogP contribution in [0.2, 0.25) is 0 Å². The molecule has 1 unspecified atom stereocenters. The van der Waals surface area contributed by atoms with Crippen LogP contribution in [0.4, 0.5) is 4.79 Å². The maximum Gasteiger partial charge on any atom is 0.407 e. The quantitative estimate of drug-likeness (QED) is 0.869. The zero-order valence-corrected chi connectivity index (χ0v) is 15.2. The van der Waals surface area contributed by atoms with E-state index in [0.717, 1.165) is 25.1 Å². The highest BCUT2D eigenvalue weighted by Crippen LogP contribution is 2.22. The van der Waals surface area contributed by atoms with Crippen LogP contribution >= 0.6 is 0 Å². The minimum atomic E-state index is -0.877. The van der Waals surface area contributed by atoms with Crippen molar-refractivity contribution in [3.8, 4) is 0 Å². The molecular weight excluding hydrogens is 304 g/mol. The maximum absolute atomic E-state index is 11.4. The first kappa shape index (κ1) is 18.7. The van der Waals surface area contributed by atoms with Crippen molar-refractivity contribution >= 4 is 6.09 Å². The molecule has 1 aromatic rings. The fraction of sp³-hybridized carbons (Fsp3) is 0.632. The van der Waals surface area contributed by atoms with Gasteiger partial charge in [0.2, 0.25) is 0 Å². The highest BCUT2D eigenvalue weighted by molar-refractivity contribution is 5.66. The predicted octanol–water partition coefficient (Wildman–Crippen LogP) is 2.96. The van der Waals surface area contributed by atoms with E-state index in [4.69, 9.17) is 0 Å². The van der Waals surface area contributed by atoms with E-state index >= 15 is 0 Å². The number of hydrogen-bond acceptors (Lipinski definition) is 3. The van der Waals surface area contributed by atoms with Crippen LogP contribution in [0.1, 0.15) is 45.2 Å². The number of nitrogens with zero attached hydrogens (tertiary/aromatic N) is 2. The normalized spacial score (nSPS) is 21.9. The second kappa shape index (κ2) is 7.11. The van der Waals surface area contributed by atoms with Crippen LogP contribution in [0.5, 0.6) is 0 Å². The summed E-state index contributed by atoms with van der Waals surface area (Å²) in [5.74, 6) is 0. The Morgan fingerprint density at radius 1 is 1.33 bits per heavy atom. The largest absolute Gasteiger partial charge is 0.465 e. The Morgan fingerprint density at radius 3 is 2.54 bits per heavy atom. The van der Waals surface area contributed by atoms with E-state index in [1.54, 1.807) is 0 Å². The molecule has 1 fully saturated rings. The van der Waals surface area contributed by atoms with Crippen LogP contribution in [0, 0.1) is 0 Å². The fourth-order valence-corrected chi connectivity index (χ4v) is 3.27. The third kappa shape index (κ3) is 5.21. The number of carboxylic acid groups (broad SMARTS) is 1. The molecule has 0 bridgehead atoms. The summed E-state index contributed by atoms with van der Waals surface area (Å²) in [5, 5.41) is 19.4. The van der Waals surface area contributed by atoms with E-state index in [1.807, 2.05) is 39.8 Å². The molecule has 0 aromatic heterocycles. The first-order valence-corrected chi connectivity index (χ1v) is 8.60. The summed E-state index contributed by atoms with van der Waals surface area (Å²) in [7, 11) is 0. The summed E-state index contributed by atoms with van der Waals surface area (Å²) in [6.07, 6.45) is 0.638. The number of carbonyl (C=O) groups is 1. The first-order valence-electron chi connectivity index (χ1n) is 8.60. The third-order valence-corrected chi connectivity index (χ3v) is 4.59. The number of amides is 1. The second-order valence-corrected chi connectivity index (χ2v) is 8.13. The number of hydrogen-bond donors (Lipinski definition) is 2. The molecule has 0 radical (unpaired) electrons. The van der Waals surface area contributed by atoms with E-state index < -0.39 is 17.2 Å². The van der Waals surface area contributed by atoms with Crippen molar-refractivity contribution in [3.05, 3.63) is 35.4 Å². The number of likely N-dealkylation sites (tertiary alicyclic amines) is 1. The van der Waals surface area contributed by atoms with Crippen LogP contribution in [-0.2, 0) is 13.0 Å². The lowest BCUT2D eigenvalue weighted by molar-refractivity contribution is 0.0679.